The van der Waals surface area contributed by atoms with Crippen LogP contribution in [0.25, 0.3) is 0 Å². The molecule has 0 spiro atoms. The van der Waals surface area contributed by atoms with Gasteiger partial charge in [0.2, 0.25) is 0 Å². The highest BCUT2D eigenvalue weighted by Gasteiger charge is 2.12. The first-order valence-electron chi connectivity index (χ1n) is 6.97. The van der Waals surface area contributed by atoms with E-state index in [1.807, 2.05) is 6.07 Å². The average molecular weight is 287 g/mol. The van der Waals surface area contributed by atoms with Gasteiger partial charge in [-0.15, -0.1) is 0 Å². The van der Waals surface area contributed by atoms with E-state index in [4.69, 9.17) is 9.73 Å². The highest BCUT2D eigenvalue weighted by atomic mass is 32.2. The molecule has 20 heavy (non-hydrogen) atoms. The number of rotatable bonds is 6. The number of methoxy groups -OCH3 is 1. The molecule has 1 saturated carbocycles. The highest BCUT2D eigenvalue weighted by Crippen LogP contribution is 2.28. The van der Waals surface area contributed by atoms with E-state index in [1.54, 1.807) is 24.9 Å². The molecule has 0 N–H and O–H groups in total. The molecule has 0 aliphatic heterocycles. The molecular weight excluding hydrogens is 266 g/mol. The fourth-order valence-corrected chi connectivity index (χ4v) is 3.18. The Labute approximate surface area is 125 Å². The average Bonchev–Trinajstić information content (AvgIpc) is 3.00. The summed E-state index contributed by atoms with van der Waals surface area (Å²) in [4.78, 5) is 4.80. The Bertz CT molecular complexity index is 497. The largest absolute Gasteiger partial charge is 0.494 e. The zero-order chi connectivity index (χ0) is 14.2. The van der Waals surface area contributed by atoms with E-state index in [0.717, 1.165) is 29.4 Å². The van der Waals surface area contributed by atoms with Crippen molar-refractivity contribution in [1.82, 2.24) is 0 Å². The summed E-state index contributed by atoms with van der Waals surface area (Å²) < 4.78 is 5.39. The second kappa shape index (κ2) is 7.95. The van der Waals surface area contributed by atoms with Crippen LogP contribution in [0.5, 0.6) is 0 Å². The van der Waals surface area contributed by atoms with Gasteiger partial charge in [-0.2, -0.15) is 0 Å². The van der Waals surface area contributed by atoms with Crippen molar-refractivity contribution in [1.29, 1.82) is 0 Å². The lowest BCUT2D eigenvalue weighted by molar-refractivity contribution is 0.305. The summed E-state index contributed by atoms with van der Waals surface area (Å²) >= 11 is 1.71. The highest BCUT2D eigenvalue weighted by molar-refractivity contribution is 8.02. The molecular formula is C17H21NOS. The van der Waals surface area contributed by atoms with Crippen LogP contribution in [-0.4, -0.2) is 12.8 Å². The molecule has 0 amide bonds. The normalized spacial score (nSPS) is 15.8. The van der Waals surface area contributed by atoms with Gasteiger partial charge in [0.25, 0.3) is 0 Å². The maximum atomic E-state index is 5.39. The fourth-order valence-electron chi connectivity index (χ4n) is 2.18. The van der Waals surface area contributed by atoms with Crippen LogP contribution in [-0.2, 0) is 10.5 Å². The number of aliphatic imine (C=N–C) groups is 1. The van der Waals surface area contributed by atoms with Gasteiger partial charge in [0, 0.05) is 11.5 Å². The molecule has 0 bridgehead atoms. The minimum Gasteiger partial charge on any atom is -0.494 e. The first kappa shape index (κ1) is 14.9. The lowest BCUT2D eigenvalue weighted by atomic mass is 10.2. The van der Waals surface area contributed by atoms with Crippen LogP contribution in [0.4, 0.5) is 0 Å². The molecule has 0 atom stereocenters. The number of benzene rings is 1. The van der Waals surface area contributed by atoms with Gasteiger partial charge in [0.1, 0.15) is 10.8 Å². The quantitative estimate of drug-likeness (QED) is 0.546. The second-order valence-electron chi connectivity index (χ2n) is 4.74. The van der Waals surface area contributed by atoms with E-state index in [0.29, 0.717) is 0 Å². The number of ether oxygens (including phenoxy) is 1. The fraction of sp³-hybridized carbons (Fsp3) is 0.353. The van der Waals surface area contributed by atoms with E-state index >= 15 is 0 Å². The molecule has 0 radical (unpaired) electrons. The predicted molar refractivity (Wildman–Crippen MR) is 87.9 cm³/mol. The summed E-state index contributed by atoms with van der Waals surface area (Å²) in [6.45, 7) is 3.82. The van der Waals surface area contributed by atoms with Crippen molar-refractivity contribution in [3.63, 3.8) is 0 Å². The summed E-state index contributed by atoms with van der Waals surface area (Å²) in [7, 11) is 1.68. The van der Waals surface area contributed by atoms with Gasteiger partial charge in [-0.25, -0.2) is 4.99 Å². The molecule has 2 rings (SSSR count). The van der Waals surface area contributed by atoms with E-state index < -0.39 is 0 Å². The van der Waals surface area contributed by atoms with Gasteiger partial charge in [-0.1, -0.05) is 48.7 Å². The first-order chi connectivity index (χ1) is 9.83. The van der Waals surface area contributed by atoms with Crippen LogP contribution in [0.1, 0.15) is 31.2 Å². The van der Waals surface area contributed by atoms with Crippen molar-refractivity contribution in [2.24, 2.45) is 4.99 Å². The lowest BCUT2D eigenvalue weighted by Crippen LogP contribution is -1.94. The molecule has 1 aliphatic carbocycles. The maximum absolute atomic E-state index is 5.39. The number of hydrogen-bond acceptors (Lipinski definition) is 3. The molecule has 0 saturated heterocycles. The molecule has 2 nitrogen and oxygen atoms in total. The number of allylic oxidation sites excluding steroid dienone is 1. The lowest BCUT2D eigenvalue weighted by Gasteiger charge is -2.08. The number of hydrogen-bond donors (Lipinski definition) is 0. The number of thioether (sulfide) groups is 1. The Morgan fingerprint density at radius 3 is 2.60 bits per heavy atom. The Morgan fingerprint density at radius 2 is 2.00 bits per heavy atom. The van der Waals surface area contributed by atoms with Crippen molar-refractivity contribution in [3.8, 4) is 0 Å². The van der Waals surface area contributed by atoms with Crippen molar-refractivity contribution < 1.29 is 4.74 Å². The monoisotopic (exact) mass is 287 g/mol. The zero-order valence-electron chi connectivity index (χ0n) is 12.0. The summed E-state index contributed by atoms with van der Waals surface area (Å²) in [5.41, 5.74) is 2.58. The van der Waals surface area contributed by atoms with Gasteiger partial charge in [0.15, 0.2) is 0 Å². The molecule has 106 valence electrons. The first-order valence-corrected chi connectivity index (χ1v) is 7.96. The smallest absolute Gasteiger partial charge is 0.150 e. The molecule has 0 unspecified atom stereocenters. The van der Waals surface area contributed by atoms with Gasteiger partial charge in [0.05, 0.1) is 7.11 Å². The predicted octanol–water partition coefficient (Wildman–Crippen LogP) is 4.94. The minimum absolute atomic E-state index is 0.769. The molecule has 3 heteroatoms. The third-order valence-electron chi connectivity index (χ3n) is 3.27. The van der Waals surface area contributed by atoms with Crippen molar-refractivity contribution in [3.05, 3.63) is 59.3 Å². The van der Waals surface area contributed by atoms with Gasteiger partial charge >= 0.3 is 0 Å². The van der Waals surface area contributed by atoms with Gasteiger partial charge < -0.3 is 4.74 Å². The van der Waals surface area contributed by atoms with Crippen LogP contribution in [0, 0.1) is 0 Å². The van der Waals surface area contributed by atoms with Crippen LogP contribution in [0.15, 0.2) is 58.8 Å². The summed E-state index contributed by atoms with van der Waals surface area (Å²) in [6, 6.07) is 10.4. The number of nitrogens with zero attached hydrogens (tertiary/aromatic N) is 1. The van der Waals surface area contributed by atoms with E-state index in [-0.39, 0.29) is 0 Å². The third-order valence-corrected chi connectivity index (χ3v) is 4.32. The minimum atomic E-state index is 0.769. The van der Waals surface area contributed by atoms with E-state index in [1.165, 1.54) is 24.1 Å². The molecule has 1 aromatic rings. The Kier molecular flexibility index (Phi) is 5.93. The van der Waals surface area contributed by atoms with Crippen LogP contribution in [0.3, 0.4) is 0 Å². The summed E-state index contributed by atoms with van der Waals surface area (Å²) in [5.74, 6) is 1.67. The third kappa shape index (κ3) is 4.27. The van der Waals surface area contributed by atoms with Crippen molar-refractivity contribution >= 4 is 17.5 Å². The molecule has 1 aromatic carbocycles. The van der Waals surface area contributed by atoms with Crippen LogP contribution < -0.4 is 0 Å². The maximum Gasteiger partial charge on any atom is 0.150 e. The molecule has 0 aromatic heterocycles. The topological polar surface area (TPSA) is 21.6 Å². The van der Waals surface area contributed by atoms with Crippen molar-refractivity contribution in [2.75, 3.05) is 7.11 Å². The standard InChI is InChI=1S/C17H21NOS/c1-3-16(19-2)17(18-15-11-7-8-12-15)20-13-14-9-5-4-6-10-14/h3-6,9-10H,1,7-8,11-13H2,2H3/b17-16-. The summed E-state index contributed by atoms with van der Waals surface area (Å²) in [6.07, 6.45) is 6.48. The zero-order valence-corrected chi connectivity index (χ0v) is 12.8. The van der Waals surface area contributed by atoms with E-state index in [9.17, 15) is 0 Å². The molecule has 1 aliphatic rings. The van der Waals surface area contributed by atoms with Gasteiger partial charge in [-0.3, -0.25) is 0 Å². The van der Waals surface area contributed by atoms with E-state index in [2.05, 4.69) is 30.8 Å². The van der Waals surface area contributed by atoms with Crippen LogP contribution in [0.2, 0.25) is 0 Å². The van der Waals surface area contributed by atoms with Crippen molar-refractivity contribution in [2.45, 2.75) is 31.4 Å². The van der Waals surface area contributed by atoms with Gasteiger partial charge in [-0.05, 0) is 37.3 Å². The second-order valence-corrected chi connectivity index (χ2v) is 5.70. The molecule has 0 heterocycles. The summed E-state index contributed by atoms with van der Waals surface area (Å²) in [5, 5.41) is 0.947. The molecule has 1 fully saturated rings. The Hall–Kier alpha value is -1.48. The van der Waals surface area contributed by atoms with Crippen LogP contribution >= 0.6 is 11.8 Å². The Morgan fingerprint density at radius 1 is 1.30 bits per heavy atom. The Balaban J connectivity index is 2.12. The SMILES string of the molecule is C=C/C(OC)=C(\N=C1CCCC1)SCc1ccccc1.